The molecule has 0 aliphatic carbocycles. The van der Waals surface area contributed by atoms with Gasteiger partial charge in [-0.3, -0.25) is 0 Å². The smallest absolute Gasteiger partial charge is 0.0626 e. The van der Waals surface area contributed by atoms with Crippen LogP contribution in [-0.2, 0) is 10.8 Å². The molecule has 28 heavy (non-hydrogen) atoms. The van der Waals surface area contributed by atoms with Gasteiger partial charge in [-0.25, -0.2) is 0 Å². The monoisotopic (exact) mass is 393 g/mol. The molecule has 0 fully saturated rings. The third-order valence-corrected chi connectivity index (χ3v) is 9.74. The summed E-state index contributed by atoms with van der Waals surface area (Å²) >= 11 is 0. The Hall–Kier alpha value is -1.07. The van der Waals surface area contributed by atoms with E-state index in [4.69, 9.17) is 7.57 Å². The third kappa shape index (κ3) is 5.10. The van der Waals surface area contributed by atoms with Crippen LogP contribution in [0.15, 0.2) is 48.5 Å². The van der Waals surface area contributed by atoms with Gasteiger partial charge in [0, 0.05) is 7.14 Å². The summed E-state index contributed by atoms with van der Waals surface area (Å²) in [7, 11) is 5.40. The predicted octanol–water partition coefficient (Wildman–Crippen LogP) is 6.77. The largest absolute Gasteiger partial charge is 0.377 e. The molecule has 0 spiro atoms. The molecule has 0 amide bonds. The van der Waals surface area contributed by atoms with Crippen molar-refractivity contribution in [2.75, 3.05) is 0 Å². The molecular weight excluding hydrogens is 354 g/mol. The number of hydrogen-bond donors (Lipinski definition) is 0. The van der Waals surface area contributed by atoms with E-state index in [0.717, 1.165) is 6.42 Å². The molecule has 0 N–H and O–H groups in total. The number of hydrogen-bond acceptors (Lipinski definition) is 0. The molecule has 1 atom stereocenters. The summed E-state index contributed by atoms with van der Waals surface area (Å²) in [6.07, 6.45) is 1.15. The first kappa shape index (κ1) is 23.2. The summed E-state index contributed by atoms with van der Waals surface area (Å²) in [5.74, 6) is 0.639. The van der Waals surface area contributed by atoms with Gasteiger partial charge in [-0.15, -0.1) is 0 Å². The van der Waals surface area contributed by atoms with Gasteiger partial charge >= 0.3 is 7.57 Å². The van der Waals surface area contributed by atoms with Crippen LogP contribution in [0.4, 0.5) is 0 Å². The van der Waals surface area contributed by atoms with Gasteiger partial charge in [0.15, 0.2) is 0 Å². The first-order valence-corrected chi connectivity index (χ1v) is 12.6. The Morgan fingerprint density at radius 1 is 0.679 bits per heavy atom. The van der Waals surface area contributed by atoms with Crippen molar-refractivity contribution in [1.29, 1.82) is 0 Å². The van der Waals surface area contributed by atoms with Gasteiger partial charge in [-0.05, 0) is 65.5 Å². The Morgan fingerprint density at radius 2 is 1.00 bits per heavy atom. The van der Waals surface area contributed by atoms with Crippen LogP contribution in [0.25, 0.3) is 0 Å². The Bertz CT molecular complexity index is 701. The molecule has 2 aromatic carbocycles. The van der Waals surface area contributed by atoms with Crippen LogP contribution in [0.5, 0.6) is 0 Å². The van der Waals surface area contributed by atoms with E-state index >= 15 is 0 Å². The highest BCUT2D eigenvalue weighted by Crippen LogP contribution is 2.58. The standard InChI is InChI=1S/C26H39BP/c1-19(2)18-20(3)28(27,23-14-10-21(11-15-23)25(4,5)6)24-16-12-22(13-17-24)26(7,8)9/h10-17,19-20H,18H2,1-9H3/q+1/t20-/m0/s1. The van der Waals surface area contributed by atoms with Crippen LogP contribution >= 0.6 is 7.14 Å². The van der Waals surface area contributed by atoms with E-state index in [9.17, 15) is 0 Å². The molecule has 0 aliphatic heterocycles. The summed E-state index contributed by atoms with van der Waals surface area (Å²) in [5, 5.41) is 2.63. The van der Waals surface area contributed by atoms with Crippen molar-refractivity contribution >= 4 is 25.3 Å². The van der Waals surface area contributed by atoms with E-state index in [1.54, 1.807) is 0 Å². The van der Waals surface area contributed by atoms with Gasteiger partial charge in [-0.1, -0.05) is 79.7 Å². The molecule has 0 saturated carbocycles. The highest BCUT2D eigenvalue weighted by molar-refractivity contribution is 8.08. The number of benzene rings is 2. The molecule has 0 aromatic heterocycles. The maximum absolute atomic E-state index is 7.36. The average molecular weight is 393 g/mol. The van der Waals surface area contributed by atoms with Gasteiger partial charge in [-0.2, -0.15) is 0 Å². The van der Waals surface area contributed by atoms with E-state index in [-0.39, 0.29) is 10.8 Å². The molecule has 2 rings (SSSR count). The Labute approximate surface area is 176 Å². The fraction of sp³-hybridized carbons (Fsp3) is 0.538. The second-order valence-corrected chi connectivity index (χ2v) is 14.3. The SMILES string of the molecule is [B][P+](c1ccc(C(C)(C)C)cc1)(c1ccc(C(C)(C)C)cc1)[C@@H](C)CC(C)C. The van der Waals surface area contributed by atoms with Crippen LogP contribution in [0.3, 0.4) is 0 Å². The molecule has 0 aliphatic rings. The Morgan fingerprint density at radius 3 is 1.25 bits per heavy atom. The van der Waals surface area contributed by atoms with Gasteiger partial charge in [0.05, 0.1) is 16.3 Å². The summed E-state index contributed by atoms with van der Waals surface area (Å²) in [4.78, 5) is 0. The number of rotatable bonds is 5. The van der Waals surface area contributed by atoms with Gasteiger partial charge < -0.3 is 0 Å². The minimum Gasteiger partial charge on any atom is -0.0626 e. The van der Waals surface area contributed by atoms with Crippen LogP contribution in [0, 0.1) is 5.92 Å². The van der Waals surface area contributed by atoms with Gasteiger partial charge in [0.1, 0.15) is 0 Å². The lowest BCUT2D eigenvalue weighted by Gasteiger charge is -2.32. The molecular formula is C26H39BP+. The summed E-state index contributed by atoms with van der Waals surface area (Å²) in [6.45, 7) is 20.5. The Balaban J connectivity index is 2.54. The van der Waals surface area contributed by atoms with E-state index in [1.165, 1.54) is 21.7 Å². The highest BCUT2D eigenvalue weighted by Gasteiger charge is 2.43. The zero-order valence-electron chi connectivity index (χ0n) is 19.5. The minimum absolute atomic E-state index is 0.159. The molecule has 2 aromatic rings. The molecule has 2 radical (unpaired) electrons. The molecule has 0 nitrogen and oxygen atoms in total. The van der Waals surface area contributed by atoms with Crippen LogP contribution in [0.2, 0.25) is 0 Å². The third-order valence-electron chi connectivity index (χ3n) is 5.83. The molecule has 150 valence electrons. The van der Waals surface area contributed by atoms with Crippen molar-refractivity contribution in [3.05, 3.63) is 59.7 Å². The minimum atomic E-state index is -1.96. The summed E-state index contributed by atoms with van der Waals surface area (Å²) in [6, 6.07) is 18.3. The first-order chi connectivity index (χ1) is 12.8. The van der Waals surface area contributed by atoms with E-state index in [2.05, 4.69) is 111 Å². The molecule has 0 saturated heterocycles. The van der Waals surface area contributed by atoms with Crippen molar-refractivity contribution in [1.82, 2.24) is 0 Å². The zero-order chi connectivity index (χ0) is 21.3. The van der Waals surface area contributed by atoms with Crippen molar-refractivity contribution in [3.63, 3.8) is 0 Å². The molecule has 0 heterocycles. The molecule has 2 heteroatoms. The van der Waals surface area contributed by atoms with Crippen LogP contribution < -0.4 is 10.6 Å². The van der Waals surface area contributed by atoms with Crippen molar-refractivity contribution in [2.24, 2.45) is 5.92 Å². The van der Waals surface area contributed by atoms with E-state index in [0.29, 0.717) is 11.6 Å². The van der Waals surface area contributed by atoms with E-state index < -0.39 is 7.14 Å². The quantitative estimate of drug-likeness (QED) is 0.389. The van der Waals surface area contributed by atoms with Crippen LogP contribution in [-0.4, -0.2) is 13.2 Å². The maximum Gasteiger partial charge on any atom is 0.377 e. The molecule has 0 unspecified atom stereocenters. The van der Waals surface area contributed by atoms with Crippen molar-refractivity contribution in [3.8, 4) is 0 Å². The second kappa shape index (κ2) is 8.35. The topological polar surface area (TPSA) is 0 Å². The van der Waals surface area contributed by atoms with Crippen LogP contribution in [0.1, 0.15) is 79.9 Å². The lowest BCUT2D eigenvalue weighted by Crippen LogP contribution is -2.31. The second-order valence-electron chi connectivity index (χ2n) is 10.8. The predicted molar refractivity (Wildman–Crippen MR) is 131 cm³/mol. The summed E-state index contributed by atoms with van der Waals surface area (Å²) in [5.41, 5.74) is 3.50. The lowest BCUT2D eigenvalue weighted by atomic mass is 9.87. The Kier molecular flexibility index (Phi) is 6.93. The fourth-order valence-corrected chi connectivity index (χ4v) is 7.28. The first-order valence-electron chi connectivity index (χ1n) is 10.7. The highest BCUT2D eigenvalue weighted by atomic mass is 31.2. The zero-order valence-corrected chi connectivity index (χ0v) is 20.4. The fourth-order valence-electron chi connectivity index (χ4n) is 3.92. The lowest BCUT2D eigenvalue weighted by molar-refractivity contribution is 0.582. The maximum atomic E-state index is 7.36. The van der Waals surface area contributed by atoms with Gasteiger partial charge in [0.2, 0.25) is 0 Å². The normalized spacial score (nSPS) is 14.4. The molecule has 0 bridgehead atoms. The van der Waals surface area contributed by atoms with Gasteiger partial charge in [0.25, 0.3) is 0 Å². The average Bonchev–Trinajstić information content (AvgIpc) is 2.59. The van der Waals surface area contributed by atoms with Crippen molar-refractivity contribution < 1.29 is 0 Å². The summed E-state index contributed by atoms with van der Waals surface area (Å²) < 4.78 is 0. The van der Waals surface area contributed by atoms with E-state index in [1.807, 2.05) is 0 Å². The van der Waals surface area contributed by atoms with Crippen molar-refractivity contribution in [2.45, 2.75) is 85.2 Å².